The molecule has 0 aromatic carbocycles. The van der Waals surface area contributed by atoms with Gasteiger partial charge in [-0.15, -0.1) is 6.58 Å². The third-order valence-corrected chi connectivity index (χ3v) is 1.63. The van der Waals surface area contributed by atoms with Crippen molar-refractivity contribution in [1.29, 1.82) is 0 Å². The van der Waals surface area contributed by atoms with Crippen LogP contribution in [0.2, 0.25) is 0 Å². The van der Waals surface area contributed by atoms with E-state index >= 15 is 0 Å². The second kappa shape index (κ2) is 4.77. The topological polar surface area (TPSA) is 42.4 Å². The first-order chi connectivity index (χ1) is 6.63. The summed E-state index contributed by atoms with van der Waals surface area (Å²) in [6, 6.07) is 5.30. The molecule has 1 N–H and O–H groups in total. The van der Waals surface area contributed by atoms with Gasteiger partial charge < -0.3 is 9.84 Å². The molecular formula is C11H15NO2. The maximum atomic E-state index is 9.45. The summed E-state index contributed by atoms with van der Waals surface area (Å²) in [7, 11) is 0. The summed E-state index contributed by atoms with van der Waals surface area (Å²) in [6.45, 7) is 7.35. The van der Waals surface area contributed by atoms with Crippen molar-refractivity contribution in [2.45, 2.75) is 26.1 Å². The van der Waals surface area contributed by atoms with Crippen LogP contribution in [0.3, 0.4) is 0 Å². The van der Waals surface area contributed by atoms with E-state index in [2.05, 4.69) is 11.6 Å². The van der Waals surface area contributed by atoms with Gasteiger partial charge in [0.1, 0.15) is 6.10 Å². The molecule has 0 fully saturated rings. The van der Waals surface area contributed by atoms with Crippen molar-refractivity contribution < 1.29 is 9.84 Å². The number of hydrogen-bond acceptors (Lipinski definition) is 3. The van der Waals surface area contributed by atoms with Gasteiger partial charge in [0.25, 0.3) is 0 Å². The van der Waals surface area contributed by atoms with Crippen LogP contribution < -0.4 is 4.74 Å². The molecule has 1 aromatic heterocycles. The third kappa shape index (κ3) is 2.85. The summed E-state index contributed by atoms with van der Waals surface area (Å²) in [5, 5.41) is 9.45. The van der Waals surface area contributed by atoms with Crippen molar-refractivity contribution in [2.75, 3.05) is 0 Å². The molecular weight excluding hydrogens is 178 g/mol. The van der Waals surface area contributed by atoms with E-state index in [1.165, 1.54) is 6.08 Å². The quantitative estimate of drug-likeness (QED) is 0.744. The van der Waals surface area contributed by atoms with E-state index in [-0.39, 0.29) is 6.10 Å². The van der Waals surface area contributed by atoms with Gasteiger partial charge in [0, 0.05) is 6.07 Å². The molecule has 0 radical (unpaired) electrons. The van der Waals surface area contributed by atoms with Crippen molar-refractivity contribution in [1.82, 2.24) is 4.98 Å². The Morgan fingerprint density at radius 1 is 1.50 bits per heavy atom. The zero-order chi connectivity index (χ0) is 10.6. The van der Waals surface area contributed by atoms with Gasteiger partial charge >= 0.3 is 0 Å². The Morgan fingerprint density at radius 3 is 2.79 bits per heavy atom. The molecule has 0 aliphatic rings. The predicted molar refractivity (Wildman–Crippen MR) is 55.2 cm³/mol. The Bertz CT molecular complexity index is 310. The Hall–Kier alpha value is -1.35. The maximum absolute atomic E-state index is 9.45. The summed E-state index contributed by atoms with van der Waals surface area (Å²) in [5.74, 6) is 0.526. The molecule has 0 spiro atoms. The van der Waals surface area contributed by atoms with E-state index in [1.54, 1.807) is 18.2 Å². The summed E-state index contributed by atoms with van der Waals surface area (Å²) in [5.41, 5.74) is 0.554. The molecule has 0 bridgehead atoms. The highest BCUT2D eigenvalue weighted by molar-refractivity contribution is 5.19. The third-order valence-electron chi connectivity index (χ3n) is 1.63. The largest absolute Gasteiger partial charge is 0.475 e. The fourth-order valence-electron chi connectivity index (χ4n) is 1.02. The van der Waals surface area contributed by atoms with Gasteiger partial charge in [-0.05, 0) is 19.9 Å². The number of aliphatic hydroxyl groups is 1. The van der Waals surface area contributed by atoms with Crippen LogP contribution in [0.4, 0.5) is 0 Å². The second-order valence-corrected chi connectivity index (χ2v) is 3.25. The fourth-order valence-corrected chi connectivity index (χ4v) is 1.02. The predicted octanol–water partition coefficient (Wildman–Crippen LogP) is 2.09. The Labute approximate surface area is 84.1 Å². The number of nitrogens with zero attached hydrogens (tertiary/aromatic N) is 1. The van der Waals surface area contributed by atoms with E-state index in [9.17, 15) is 5.11 Å². The summed E-state index contributed by atoms with van der Waals surface area (Å²) < 4.78 is 5.39. The molecule has 76 valence electrons. The van der Waals surface area contributed by atoms with Crippen molar-refractivity contribution in [3.05, 3.63) is 36.5 Å². The minimum atomic E-state index is -0.731. The molecule has 0 saturated carbocycles. The zero-order valence-corrected chi connectivity index (χ0v) is 8.47. The van der Waals surface area contributed by atoms with Gasteiger partial charge in [0.2, 0.25) is 5.88 Å². The zero-order valence-electron chi connectivity index (χ0n) is 8.47. The van der Waals surface area contributed by atoms with Gasteiger partial charge in [0.15, 0.2) is 0 Å². The minimum Gasteiger partial charge on any atom is -0.475 e. The van der Waals surface area contributed by atoms with E-state index in [1.807, 2.05) is 13.8 Å². The lowest BCUT2D eigenvalue weighted by molar-refractivity contribution is 0.211. The lowest BCUT2D eigenvalue weighted by Gasteiger charge is -2.10. The fraction of sp³-hybridized carbons (Fsp3) is 0.364. The number of hydrogen-bond donors (Lipinski definition) is 1. The standard InChI is InChI=1S/C11H15NO2/c1-4-10(13)9-6-5-7-11(12-9)14-8(2)3/h4-8,10,13H,1H2,2-3H3. The van der Waals surface area contributed by atoms with Gasteiger partial charge in [0.05, 0.1) is 11.8 Å². The highest BCUT2D eigenvalue weighted by Gasteiger charge is 2.06. The van der Waals surface area contributed by atoms with E-state index < -0.39 is 6.10 Å². The molecule has 0 aliphatic heterocycles. The smallest absolute Gasteiger partial charge is 0.213 e. The monoisotopic (exact) mass is 193 g/mol. The van der Waals surface area contributed by atoms with Crippen LogP contribution in [0.25, 0.3) is 0 Å². The summed E-state index contributed by atoms with van der Waals surface area (Å²) >= 11 is 0. The van der Waals surface area contributed by atoms with Crippen LogP contribution in [0.1, 0.15) is 25.6 Å². The lowest BCUT2D eigenvalue weighted by Crippen LogP contribution is -2.08. The molecule has 3 heteroatoms. The number of aliphatic hydroxyl groups excluding tert-OH is 1. The van der Waals surface area contributed by atoms with E-state index in [0.29, 0.717) is 11.6 Å². The molecule has 1 rings (SSSR count). The maximum Gasteiger partial charge on any atom is 0.213 e. The summed E-state index contributed by atoms with van der Waals surface area (Å²) in [6.07, 6.45) is 0.783. The van der Waals surface area contributed by atoms with Crippen molar-refractivity contribution in [2.24, 2.45) is 0 Å². The number of pyridine rings is 1. The van der Waals surface area contributed by atoms with Crippen LogP contribution in [0, 0.1) is 0 Å². The molecule has 0 aliphatic carbocycles. The molecule has 3 nitrogen and oxygen atoms in total. The number of aromatic nitrogens is 1. The van der Waals surface area contributed by atoms with E-state index in [4.69, 9.17) is 4.74 Å². The minimum absolute atomic E-state index is 0.0821. The Kier molecular flexibility index (Phi) is 3.65. The highest BCUT2D eigenvalue weighted by Crippen LogP contribution is 2.15. The number of ether oxygens (including phenoxy) is 1. The molecule has 14 heavy (non-hydrogen) atoms. The Balaban J connectivity index is 2.83. The van der Waals surface area contributed by atoms with Gasteiger partial charge in [-0.3, -0.25) is 0 Å². The Morgan fingerprint density at radius 2 is 2.21 bits per heavy atom. The SMILES string of the molecule is C=CC(O)c1cccc(OC(C)C)n1. The van der Waals surface area contributed by atoms with Crippen LogP contribution in [-0.2, 0) is 0 Å². The van der Waals surface area contributed by atoms with Gasteiger partial charge in [-0.25, -0.2) is 4.98 Å². The second-order valence-electron chi connectivity index (χ2n) is 3.25. The first-order valence-electron chi connectivity index (χ1n) is 4.57. The first-order valence-corrected chi connectivity index (χ1v) is 4.57. The number of rotatable bonds is 4. The molecule has 1 atom stereocenters. The van der Waals surface area contributed by atoms with Crippen LogP contribution in [0.15, 0.2) is 30.9 Å². The van der Waals surface area contributed by atoms with Gasteiger partial charge in [-0.1, -0.05) is 12.1 Å². The van der Waals surface area contributed by atoms with E-state index in [0.717, 1.165) is 0 Å². The van der Waals surface area contributed by atoms with Crippen molar-refractivity contribution in [3.63, 3.8) is 0 Å². The average Bonchev–Trinajstić information content (AvgIpc) is 2.16. The van der Waals surface area contributed by atoms with Gasteiger partial charge in [-0.2, -0.15) is 0 Å². The first kappa shape index (κ1) is 10.7. The molecule has 0 amide bonds. The molecule has 1 unspecified atom stereocenters. The van der Waals surface area contributed by atoms with Crippen molar-refractivity contribution >= 4 is 0 Å². The highest BCUT2D eigenvalue weighted by atomic mass is 16.5. The van der Waals surface area contributed by atoms with Crippen molar-refractivity contribution in [3.8, 4) is 5.88 Å². The van der Waals surface area contributed by atoms with Crippen LogP contribution >= 0.6 is 0 Å². The molecule has 1 aromatic rings. The normalized spacial score (nSPS) is 12.6. The van der Waals surface area contributed by atoms with Crippen LogP contribution in [-0.4, -0.2) is 16.2 Å². The summed E-state index contributed by atoms with van der Waals surface area (Å²) in [4.78, 5) is 4.14. The molecule has 1 heterocycles. The lowest BCUT2D eigenvalue weighted by atomic mass is 10.2. The molecule has 0 saturated heterocycles. The average molecular weight is 193 g/mol. The van der Waals surface area contributed by atoms with Crippen LogP contribution in [0.5, 0.6) is 5.88 Å².